The van der Waals surface area contributed by atoms with Crippen molar-refractivity contribution < 1.29 is 14.7 Å². The van der Waals surface area contributed by atoms with E-state index in [1.165, 1.54) is 11.3 Å². The molecule has 1 aromatic heterocycles. The number of hydrogen-bond donors (Lipinski definition) is 2. The minimum atomic E-state index is -1.06. The van der Waals surface area contributed by atoms with Gasteiger partial charge in [-0.2, -0.15) is 0 Å². The van der Waals surface area contributed by atoms with Gasteiger partial charge in [-0.1, -0.05) is 18.2 Å². The number of nitrogens with two attached hydrogens (primary N) is 1. The van der Waals surface area contributed by atoms with Crippen molar-refractivity contribution >= 4 is 33.2 Å². The van der Waals surface area contributed by atoms with Gasteiger partial charge >= 0.3 is 5.97 Å². The number of fused-ring (bicyclic) bond motifs is 1. The molecule has 5 heteroatoms. The third-order valence-corrected chi connectivity index (χ3v) is 3.44. The van der Waals surface area contributed by atoms with Crippen molar-refractivity contribution in [2.75, 3.05) is 0 Å². The van der Waals surface area contributed by atoms with Gasteiger partial charge in [0.2, 0.25) is 0 Å². The normalized spacial score (nSPS) is 12.5. The second kappa shape index (κ2) is 4.65. The zero-order chi connectivity index (χ0) is 12.4. The summed E-state index contributed by atoms with van der Waals surface area (Å²) >= 11 is 1.45. The highest BCUT2D eigenvalue weighted by atomic mass is 32.1. The van der Waals surface area contributed by atoms with Gasteiger partial charge in [0.05, 0.1) is 12.5 Å². The Morgan fingerprint density at radius 1 is 1.35 bits per heavy atom. The second-order valence-electron chi connectivity index (χ2n) is 3.71. The first-order chi connectivity index (χ1) is 8.09. The quantitative estimate of drug-likeness (QED) is 0.811. The number of carboxylic acids is 1. The third-order valence-electron chi connectivity index (χ3n) is 2.48. The number of ketones is 1. The van der Waals surface area contributed by atoms with E-state index in [-0.39, 0.29) is 12.2 Å². The molecule has 3 N–H and O–H groups in total. The predicted octanol–water partition coefficient (Wildman–Crippen LogP) is 1.89. The summed E-state index contributed by atoms with van der Waals surface area (Å²) in [4.78, 5) is 22.5. The summed E-state index contributed by atoms with van der Waals surface area (Å²) < 4.78 is 0.998. The molecule has 0 bridgehead atoms. The molecule has 0 fully saturated rings. The smallest absolute Gasteiger partial charge is 0.305 e. The highest BCUT2D eigenvalue weighted by Gasteiger charge is 2.21. The number of hydrogen-bond acceptors (Lipinski definition) is 4. The molecule has 0 saturated heterocycles. The van der Waals surface area contributed by atoms with Crippen molar-refractivity contribution in [2.24, 2.45) is 5.73 Å². The Balaban J connectivity index is 2.33. The highest BCUT2D eigenvalue weighted by molar-refractivity contribution is 7.17. The molecule has 0 aliphatic rings. The van der Waals surface area contributed by atoms with Crippen molar-refractivity contribution in [3.8, 4) is 0 Å². The summed E-state index contributed by atoms with van der Waals surface area (Å²) in [5.41, 5.74) is 6.09. The number of aliphatic carboxylic acids is 1. The van der Waals surface area contributed by atoms with Crippen molar-refractivity contribution in [2.45, 2.75) is 12.5 Å². The standard InChI is InChI=1S/C12H11NO3S/c13-9(5-11(14)15)12(16)8-6-17-10-4-2-1-3-7(8)10/h1-4,6,9H,5,13H2,(H,14,15). The average Bonchev–Trinajstić information content (AvgIpc) is 2.70. The molecule has 1 atom stereocenters. The van der Waals surface area contributed by atoms with Crippen molar-refractivity contribution in [3.63, 3.8) is 0 Å². The van der Waals surface area contributed by atoms with E-state index in [0.717, 1.165) is 10.1 Å². The van der Waals surface area contributed by atoms with E-state index in [4.69, 9.17) is 10.8 Å². The molecular weight excluding hydrogens is 238 g/mol. The van der Waals surface area contributed by atoms with Crippen molar-refractivity contribution in [1.29, 1.82) is 0 Å². The number of Topliss-reactive ketones (excluding diaryl/α,β-unsaturated/α-hetero) is 1. The van der Waals surface area contributed by atoms with E-state index in [0.29, 0.717) is 5.56 Å². The number of carboxylic acid groups (broad SMARTS) is 1. The lowest BCUT2D eigenvalue weighted by Crippen LogP contribution is -2.32. The van der Waals surface area contributed by atoms with Gasteiger partial charge in [-0.3, -0.25) is 9.59 Å². The van der Waals surface area contributed by atoms with E-state index in [1.807, 2.05) is 24.3 Å². The minimum Gasteiger partial charge on any atom is -0.481 e. The lowest BCUT2D eigenvalue weighted by molar-refractivity contribution is -0.137. The number of rotatable bonds is 4. The van der Waals surface area contributed by atoms with E-state index >= 15 is 0 Å². The highest BCUT2D eigenvalue weighted by Crippen LogP contribution is 2.26. The van der Waals surface area contributed by atoms with Gasteiger partial charge in [0.15, 0.2) is 5.78 Å². The van der Waals surface area contributed by atoms with Crippen molar-refractivity contribution in [3.05, 3.63) is 35.2 Å². The lowest BCUT2D eigenvalue weighted by Gasteiger charge is -2.06. The Hall–Kier alpha value is -1.72. The molecule has 0 amide bonds. The predicted molar refractivity (Wildman–Crippen MR) is 66.4 cm³/mol. The summed E-state index contributed by atoms with van der Waals surface area (Å²) in [6.07, 6.45) is -0.344. The zero-order valence-electron chi connectivity index (χ0n) is 8.92. The molecule has 0 spiro atoms. The van der Waals surface area contributed by atoms with Gasteiger partial charge in [-0.05, 0) is 6.07 Å². The first kappa shape index (κ1) is 11.8. The number of carbonyl (C=O) groups is 2. The van der Waals surface area contributed by atoms with Crippen LogP contribution in [-0.2, 0) is 4.79 Å². The lowest BCUT2D eigenvalue weighted by atomic mass is 10.0. The number of thiophene rings is 1. The molecule has 1 heterocycles. The zero-order valence-corrected chi connectivity index (χ0v) is 9.74. The Bertz CT molecular complexity index is 576. The largest absolute Gasteiger partial charge is 0.481 e. The molecule has 1 unspecified atom stereocenters. The Labute approximate surface area is 102 Å². The fraction of sp³-hybridized carbons (Fsp3) is 0.167. The Kier molecular flexibility index (Phi) is 3.21. The first-order valence-electron chi connectivity index (χ1n) is 5.07. The van der Waals surface area contributed by atoms with Crippen LogP contribution in [0.15, 0.2) is 29.6 Å². The van der Waals surface area contributed by atoms with Crippen LogP contribution >= 0.6 is 11.3 Å². The molecule has 0 radical (unpaired) electrons. The molecule has 88 valence electrons. The van der Waals surface area contributed by atoms with Crippen LogP contribution in [0.25, 0.3) is 10.1 Å². The molecule has 0 saturated carbocycles. The first-order valence-corrected chi connectivity index (χ1v) is 5.95. The molecule has 2 aromatic rings. The van der Waals surface area contributed by atoms with Crippen LogP contribution in [0, 0.1) is 0 Å². The summed E-state index contributed by atoms with van der Waals surface area (Å²) in [6.45, 7) is 0. The Morgan fingerprint density at radius 3 is 2.76 bits per heavy atom. The number of carbonyl (C=O) groups excluding carboxylic acids is 1. The topological polar surface area (TPSA) is 80.4 Å². The fourth-order valence-electron chi connectivity index (χ4n) is 1.65. The van der Waals surface area contributed by atoms with Gasteiger partial charge in [0, 0.05) is 21.0 Å². The molecule has 2 rings (SSSR count). The van der Waals surface area contributed by atoms with E-state index in [1.54, 1.807) is 5.38 Å². The molecule has 17 heavy (non-hydrogen) atoms. The average molecular weight is 249 g/mol. The summed E-state index contributed by atoms with van der Waals surface area (Å²) in [6, 6.07) is 6.51. The van der Waals surface area contributed by atoms with Gasteiger partial charge in [-0.15, -0.1) is 11.3 Å². The van der Waals surface area contributed by atoms with Crippen LogP contribution in [0.3, 0.4) is 0 Å². The molecule has 4 nitrogen and oxygen atoms in total. The summed E-state index contributed by atoms with van der Waals surface area (Å²) in [5, 5.41) is 11.2. The maximum Gasteiger partial charge on any atom is 0.305 e. The number of benzene rings is 1. The summed E-state index contributed by atoms with van der Waals surface area (Å²) in [7, 11) is 0. The van der Waals surface area contributed by atoms with Crippen LogP contribution in [-0.4, -0.2) is 22.9 Å². The monoisotopic (exact) mass is 249 g/mol. The van der Waals surface area contributed by atoms with Gasteiger partial charge < -0.3 is 10.8 Å². The van der Waals surface area contributed by atoms with Crippen LogP contribution in [0.4, 0.5) is 0 Å². The van der Waals surface area contributed by atoms with Crippen LogP contribution < -0.4 is 5.73 Å². The van der Waals surface area contributed by atoms with Gasteiger partial charge in [0.25, 0.3) is 0 Å². The molecular formula is C12H11NO3S. The van der Waals surface area contributed by atoms with Crippen LogP contribution in [0.5, 0.6) is 0 Å². The SMILES string of the molecule is NC(CC(=O)O)C(=O)c1csc2ccccc12. The maximum atomic E-state index is 12.0. The van der Waals surface area contributed by atoms with Gasteiger partial charge in [-0.25, -0.2) is 0 Å². The van der Waals surface area contributed by atoms with Crippen LogP contribution in [0.2, 0.25) is 0 Å². The Morgan fingerprint density at radius 2 is 2.06 bits per heavy atom. The molecule has 0 aliphatic carbocycles. The van der Waals surface area contributed by atoms with Gasteiger partial charge in [0.1, 0.15) is 0 Å². The maximum absolute atomic E-state index is 12.0. The minimum absolute atomic E-state index is 0.315. The second-order valence-corrected chi connectivity index (χ2v) is 4.63. The van der Waals surface area contributed by atoms with Crippen LogP contribution in [0.1, 0.15) is 16.8 Å². The molecule has 0 aliphatic heterocycles. The fourth-order valence-corrected chi connectivity index (χ4v) is 2.60. The van der Waals surface area contributed by atoms with Crippen molar-refractivity contribution in [1.82, 2.24) is 0 Å². The summed E-state index contributed by atoms with van der Waals surface area (Å²) in [5.74, 6) is -1.38. The molecule has 1 aromatic carbocycles. The van der Waals surface area contributed by atoms with E-state index in [9.17, 15) is 9.59 Å². The third kappa shape index (κ3) is 2.35. The van der Waals surface area contributed by atoms with E-state index < -0.39 is 12.0 Å². The van der Waals surface area contributed by atoms with E-state index in [2.05, 4.69) is 0 Å².